The van der Waals surface area contributed by atoms with Crippen LogP contribution in [0.5, 0.6) is 5.75 Å². The van der Waals surface area contributed by atoms with E-state index in [1.54, 1.807) is 40.0 Å². The Morgan fingerprint density at radius 3 is 1.86 bits per heavy atom. The van der Waals surface area contributed by atoms with E-state index < -0.39 is 76.8 Å². The highest BCUT2D eigenvalue weighted by Gasteiger charge is 2.47. The lowest BCUT2D eigenvalue weighted by Gasteiger charge is -2.42. The van der Waals surface area contributed by atoms with E-state index in [-0.39, 0.29) is 68.6 Å². The average Bonchev–Trinajstić information content (AvgIpc) is 3.96. The van der Waals surface area contributed by atoms with E-state index in [0.29, 0.717) is 5.75 Å². The maximum atomic E-state index is 15.2. The highest BCUT2D eigenvalue weighted by atomic mass is 16.5. The van der Waals surface area contributed by atoms with Gasteiger partial charge < -0.3 is 51.8 Å². The number of fused-ring (bicyclic) bond motifs is 2. The number of benzene rings is 4. The number of aryl methyl sites for hydroxylation is 1. The standard InChI is InChI=1S/C62H83N9O8/c1-37(63-9)54(72)68-52(61(3,4)5)59(77)70-35-44-31-42(26-27-43(44)32-50(70)57(75)66-48-23-17-21-41-20-15-16-22-47(41)48)45-33-51(71(36-45)60(78)53(62(6,7)8)69-55(73)38(2)64-10)58(76)67-49(30-39-18-13-12-14-19-39)56(74)65-34-40-24-28-46(79-11)29-25-40/h12-16,18-20,22,24-29,31,37-38,45,48-53,63-64H,17,21,23,30,32-36H2,1-11H3,(H,65,74)(H,66,75)(H,67,76)(H,68,72)(H,69,73)/t37-,38-,45+,48+,49-,50-,51-,52+,53+/m0/s1. The summed E-state index contributed by atoms with van der Waals surface area (Å²) in [5, 5.41) is 21.3. The second-order valence-corrected chi connectivity index (χ2v) is 23.8. The summed E-state index contributed by atoms with van der Waals surface area (Å²) in [5.41, 5.74) is 4.87. The molecule has 7 N–H and O–H groups in total. The number of nitrogens with zero attached hydrogens (tertiary/aromatic N) is 2. The van der Waals surface area contributed by atoms with Gasteiger partial charge in [-0.05, 0) is 116 Å². The lowest BCUT2D eigenvalue weighted by atomic mass is 9.83. The van der Waals surface area contributed by atoms with Crippen LogP contribution in [-0.4, -0.2) is 121 Å². The minimum atomic E-state index is -1.06. The van der Waals surface area contributed by atoms with Crippen LogP contribution >= 0.6 is 0 Å². The number of hydrogen-bond donors (Lipinski definition) is 7. The number of methoxy groups -OCH3 is 1. The van der Waals surface area contributed by atoms with Gasteiger partial charge >= 0.3 is 0 Å². The molecule has 424 valence electrons. The summed E-state index contributed by atoms with van der Waals surface area (Å²) in [6.07, 6.45) is 3.15. The SMILES string of the molecule is CN[C@@H](C)C(=O)N[C@H](C(=O)N1C[C@H](c2ccc3c(c2)CN(C(=O)[C@@H](NC(=O)[C@H](C)NC)C(C)(C)C)[C@H](C(=O)N[C@@H]2CCCc4ccccc42)C3)C[C@H]1C(=O)N[C@@H](Cc1ccccc1)C(=O)NCc1ccc(OC)cc1)C(C)(C)C. The van der Waals surface area contributed by atoms with Gasteiger partial charge in [-0.1, -0.05) is 126 Å². The fourth-order valence-corrected chi connectivity index (χ4v) is 10.9. The van der Waals surface area contributed by atoms with Crippen molar-refractivity contribution in [1.82, 2.24) is 47.0 Å². The fourth-order valence-electron chi connectivity index (χ4n) is 10.9. The Morgan fingerprint density at radius 2 is 1.25 bits per heavy atom. The topological polar surface area (TPSA) is 219 Å². The number of nitrogens with one attached hydrogen (secondary N) is 7. The van der Waals surface area contributed by atoms with Crippen LogP contribution in [0.15, 0.2) is 97.1 Å². The van der Waals surface area contributed by atoms with E-state index >= 15 is 14.4 Å². The van der Waals surface area contributed by atoms with Gasteiger partial charge in [-0.2, -0.15) is 0 Å². The highest BCUT2D eigenvalue weighted by Crippen LogP contribution is 2.38. The lowest BCUT2D eigenvalue weighted by molar-refractivity contribution is -0.147. The van der Waals surface area contributed by atoms with Crippen molar-refractivity contribution in [2.24, 2.45) is 10.8 Å². The molecule has 0 spiro atoms. The molecule has 2 heterocycles. The second-order valence-electron chi connectivity index (χ2n) is 23.8. The van der Waals surface area contributed by atoms with Crippen LogP contribution in [0.4, 0.5) is 0 Å². The van der Waals surface area contributed by atoms with Crippen LogP contribution in [0.1, 0.15) is 126 Å². The average molecular weight is 1080 g/mol. The molecule has 9 atom stereocenters. The minimum Gasteiger partial charge on any atom is -0.497 e. The molecular formula is C62H83N9O8. The largest absolute Gasteiger partial charge is 0.497 e. The zero-order valence-corrected chi connectivity index (χ0v) is 48.0. The maximum Gasteiger partial charge on any atom is 0.246 e. The first-order valence-corrected chi connectivity index (χ1v) is 27.8. The first-order valence-electron chi connectivity index (χ1n) is 27.8. The lowest BCUT2D eigenvalue weighted by Crippen LogP contribution is -2.62. The zero-order valence-electron chi connectivity index (χ0n) is 48.0. The molecule has 0 radical (unpaired) electrons. The summed E-state index contributed by atoms with van der Waals surface area (Å²) in [5.74, 6) is -2.50. The molecule has 0 saturated carbocycles. The van der Waals surface area contributed by atoms with Gasteiger partial charge in [-0.3, -0.25) is 33.6 Å². The molecule has 2 aliphatic heterocycles. The van der Waals surface area contributed by atoms with Gasteiger partial charge in [0.25, 0.3) is 0 Å². The van der Waals surface area contributed by atoms with Crippen LogP contribution in [0.3, 0.4) is 0 Å². The van der Waals surface area contributed by atoms with Crippen LogP contribution in [0, 0.1) is 10.8 Å². The monoisotopic (exact) mass is 1080 g/mol. The summed E-state index contributed by atoms with van der Waals surface area (Å²) in [4.78, 5) is 105. The third kappa shape index (κ3) is 14.6. The quantitative estimate of drug-likeness (QED) is 0.0656. The van der Waals surface area contributed by atoms with Crippen molar-refractivity contribution in [2.75, 3.05) is 27.7 Å². The van der Waals surface area contributed by atoms with Gasteiger partial charge in [-0.15, -0.1) is 0 Å². The molecule has 0 bridgehead atoms. The number of rotatable bonds is 19. The van der Waals surface area contributed by atoms with Crippen molar-refractivity contribution < 1.29 is 38.3 Å². The molecule has 1 saturated heterocycles. The summed E-state index contributed by atoms with van der Waals surface area (Å²) in [6, 6.07) is 24.4. The van der Waals surface area contributed by atoms with Gasteiger partial charge in [0.05, 0.1) is 25.2 Å². The van der Waals surface area contributed by atoms with E-state index in [2.05, 4.69) is 49.4 Å². The van der Waals surface area contributed by atoms with Crippen molar-refractivity contribution in [3.63, 3.8) is 0 Å². The van der Waals surface area contributed by atoms with Crippen LogP contribution in [0.25, 0.3) is 0 Å². The van der Waals surface area contributed by atoms with Gasteiger partial charge in [0.2, 0.25) is 41.4 Å². The number of amides is 7. The van der Waals surface area contributed by atoms with Crippen molar-refractivity contribution in [3.05, 3.63) is 136 Å². The Balaban J connectivity index is 1.23. The number of hydrogen-bond acceptors (Lipinski definition) is 10. The van der Waals surface area contributed by atoms with E-state index in [9.17, 15) is 19.2 Å². The van der Waals surface area contributed by atoms with E-state index in [0.717, 1.165) is 52.6 Å². The Kier molecular flexibility index (Phi) is 19.4. The number of likely N-dealkylation sites (N-methyl/N-ethyl adjacent to an activating group) is 2. The zero-order chi connectivity index (χ0) is 57.3. The van der Waals surface area contributed by atoms with E-state index in [4.69, 9.17) is 4.74 Å². The molecule has 17 heteroatoms. The highest BCUT2D eigenvalue weighted by molar-refractivity contribution is 5.96. The molecule has 1 fully saturated rings. The molecule has 0 unspecified atom stereocenters. The van der Waals surface area contributed by atoms with Crippen LogP contribution in [0.2, 0.25) is 0 Å². The normalized spacial score (nSPS) is 20.0. The van der Waals surface area contributed by atoms with Crippen molar-refractivity contribution in [2.45, 2.75) is 161 Å². The molecule has 79 heavy (non-hydrogen) atoms. The molecule has 17 nitrogen and oxygen atoms in total. The first-order chi connectivity index (χ1) is 37.5. The molecular weight excluding hydrogens is 999 g/mol. The minimum absolute atomic E-state index is 0.0548. The molecule has 4 aromatic carbocycles. The third-order valence-electron chi connectivity index (χ3n) is 16.0. The predicted molar refractivity (Wildman–Crippen MR) is 304 cm³/mol. The second kappa shape index (κ2) is 25.8. The fraction of sp³-hybridized carbons (Fsp3) is 0.500. The smallest absolute Gasteiger partial charge is 0.246 e. The van der Waals surface area contributed by atoms with Crippen molar-refractivity contribution in [1.29, 1.82) is 0 Å². The van der Waals surface area contributed by atoms with Gasteiger partial charge in [0.15, 0.2) is 0 Å². The Morgan fingerprint density at radius 1 is 0.646 bits per heavy atom. The third-order valence-corrected chi connectivity index (χ3v) is 16.0. The summed E-state index contributed by atoms with van der Waals surface area (Å²) in [7, 11) is 4.92. The number of carbonyl (C=O) groups excluding carboxylic acids is 7. The van der Waals surface area contributed by atoms with E-state index in [1.165, 1.54) is 10.5 Å². The Bertz CT molecular complexity index is 2830. The molecule has 0 aromatic heterocycles. The number of carbonyl (C=O) groups is 7. The van der Waals surface area contributed by atoms with Gasteiger partial charge in [0, 0.05) is 38.4 Å². The maximum absolute atomic E-state index is 15.2. The van der Waals surface area contributed by atoms with Gasteiger partial charge in [-0.25, -0.2) is 0 Å². The molecule has 1 aliphatic carbocycles. The van der Waals surface area contributed by atoms with Crippen molar-refractivity contribution >= 4 is 41.4 Å². The first kappa shape index (κ1) is 59.5. The van der Waals surface area contributed by atoms with Crippen molar-refractivity contribution in [3.8, 4) is 5.75 Å². The van der Waals surface area contributed by atoms with E-state index in [1.807, 2.05) is 126 Å². The number of ether oxygens (including phenoxy) is 1. The molecule has 7 amide bonds. The predicted octanol–water partition coefficient (Wildman–Crippen LogP) is 5.15. The Hall–Kier alpha value is -7.11. The summed E-state index contributed by atoms with van der Waals surface area (Å²) in [6.45, 7) is 15.0. The van der Waals surface area contributed by atoms with Gasteiger partial charge in [0.1, 0.15) is 36.0 Å². The van der Waals surface area contributed by atoms with Crippen LogP contribution < -0.4 is 42.0 Å². The Labute approximate surface area is 466 Å². The molecule has 4 aromatic rings. The summed E-state index contributed by atoms with van der Waals surface area (Å²) < 4.78 is 5.31. The number of likely N-dealkylation sites (tertiary alicyclic amines) is 1. The molecule has 7 rings (SSSR count). The molecule has 3 aliphatic rings. The van der Waals surface area contributed by atoms with Crippen LogP contribution in [-0.2, 0) is 65.9 Å². The summed E-state index contributed by atoms with van der Waals surface area (Å²) >= 11 is 0.